The number of nitrogens with one attached hydrogen (secondary N) is 1. The molecule has 1 aliphatic heterocycles. The summed E-state index contributed by atoms with van der Waals surface area (Å²) in [4.78, 5) is 38.0. The van der Waals surface area contributed by atoms with E-state index in [9.17, 15) is 19.7 Å². The van der Waals surface area contributed by atoms with Gasteiger partial charge in [-0.15, -0.1) is 0 Å². The number of carbonyl (C=O) groups is 2. The molecule has 0 aliphatic carbocycles. The Balaban J connectivity index is 1.63. The summed E-state index contributed by atoms with van der Waals surface area (Å²) in [6.07, 6.45) is 3.33. The van der Waals surface area contributed by atoms with Crippen molar-refractivity contribution in [1.82, 2.24) is 10.2 Å². The van der Waals surface area contributed by atoms with Crippen LogP contribution in [0.4, 0.5) is 5.69 Å². The Morgan fingerprint density at radius 3 is 2.47 bits per heavy atom. The molecule has 1 aliphatic rings. The van der Waals surface area contributed by atoms with E-state index in [2.05, 4.69) is 5.32 Å². The molecule has 32 heavy (non-hydrogen) atoms. The number of nitrogens with zero attached hydrogens (tertiary/aromatic N) is 2. The van der Waals surface area contributed by atoms with Crippen molar-refractivity contribution >= 4 is 23.6 Å². The minimum atomic E-state index is -0.473. The zero-order valence-corrected chi connectivity index (χ0v) is 17.2. The SMILES string of the molecule is O=C(NC(=Cc1ccc(-c2cccc([N+](=O)[O-])c2)o1)C(=O)N1CCCC1)c1ccccc1. The first-order valence-corrected chi connectivity index (χ1v) is 10.2. The first kappa shape index (κ1) is 21.0. The lowest BCUT2D eigenvalue weighted by Gasteiger charge is -2.18. The number of nitro benzene ring substituents is 1. The first-order chi connectivity index (χ1) is 15.5. The van der Waals surface area contributed by atoms with Crippen molar-refractivity contribution in [2.75, 3.05) is 13.1 Å². The van der Waals surface area contributed by atoms with Crippen LogP contribution < -0.4 is 5.32 Å². The molecule has 2 amide bonds. The molecule has 2 heterocycles. The Labute approximate surface area is 184 Å². The molecule has 8 nitrogen and oxygen atoms in total. The molecule has 0 unspecified atom stereocenters. The highest BCUT2D eigenvalue weighted by Gasteiger charge is 2.24. The van der Waals surface area contributed by atoms with Crippen LogP contribution in [0.25, 0.3) is 17.4 Å². The lowest BCUT2D eigenvalue weighted by molar-refractivity contribution is -0.384. The van der Waals surface area contributed by atoms with Gasteiger partial charge in [0.2, 0.25) is 0 Å². The quantitative estimate of drug-likeness (QED) is 0.357. The van der Waals surface area contributed by atoms with Gasteiger partial charge in [0, 0.05) is 42.4 Å². The number of hydrogen-bond acceptors (Lipinski definition) is 5. The molecule has 0 spiro atoms. The van der Waals surface area contributed by atoms with Gasteiger partial charge in [0.15, 0.2) is 0 Å². The van der Waals surface area contributed by atoms with Gasteiger partial charge in [-0.1, -0.05) is 30.3 Å². The number of amides is 2. The van der Waals surface area contributed by atoms with Gasteiger partial charge in [-0.2, -0.15) is 0 Å². The standard InChI is InChI=1S/C24H21N3O5/c28-23(17-7-2-1-3-8-17)25-21(24(29)26-13-4-5-14-26)16-20-11-12-22(32-20)18-9-6-10-19(15-18)27(30)31/h1-3,6-12,15-16H,4-5,13-14H2,(H,25,28). The zero-order valence-electron chi connectivity index (χ0n) is 17.2. The fourth-order valence-electron chi connectivity index (χ4n) is 3.53. The molecule has 8 heteroatoms. The van der Waals surface area contributed by atoms with Gasteiger partial charge in [0.05, 0.1) is 4.92 Å². The molecule has 1 saturated heterocycles. The Hall–Kier alpha value is -4.20. The summed E-state index contributed by atoms with van der Waals surface area (Å²) in [5.74, 6) is 0.0969. The summed E-state index contributed by atoms with van der Waals surface area (Å²) in [5.41, 5.74) is 1.04. The average molecular weight is 431 g/mol. The second-order valence-corrected chi connectivity index (χ2v) is 7.39. The third-order valence-electron chi connectivity index (χ3n) is 5.16. The van der Waals surface area contributed by atoms with E-state index in [-0.39, 0.29) is 17.3 Å². The highest BCUT2D eigenvalue weighted by Crippen LogP contribution is 2.26. The molecule has 0 bridgehead atoms. The number of benzene rings is 2. The van der Waals surface area contributed by atoms with E-state index >= 15 is 0 Å². The Morgan fingerprint density at radius 2 is 1.75 bits per heavy atom. The van der Waals surface area contributed by atoms with Crippen molar-refractivity contribution in [3.05, 3.63) is 93.9 Å². The molecule has 1 N–H and O–H groups in total. The molecule has 0 saturated carbocycles. The molecule has 4 rings (SSSR count). The van der Waals surface area contributed by atoms with E-state index < -0.39 is 10.8 Å². The highest BCUT2D eigenvalue weighted by atomic mass is 16.6. The number of hydrogen-bond donors (Lipinski definition) is 1. The van der Waals surface area contributed by atoms with Crippen LogP contribution in [-0.2, 0) is 4.79 Å². The van der Waals surface area contributed by atoms with Crippen molar-refractivity contribution in [3.8, 4) is 11.3 Å². The van der Waals surface area contributed by atoms with E-state index in [1.807, 2.05) is 0 Å². The van der Waals surface area contributed by atoms with Crippen LogP contribution in [0.2, 0.25) is 0 Å². The minimum Gasteiger partial charge on any atom is -0.457 e. The van der Waals surface area contributed by atoms with Crippen molar-refractivity contribution < 1.29 is 18.9 Å². The molecular weight excluding hydrogens is 410 g/mol. The number of furan rings is 1. The fraction of sp³-hybridized carbons (Fsp3) is 0.167. The number of likely N-dealkylation sites (tertiary alicyclic amines) is 1. The summed E-state index contributed by atoms with van der Waals surface area (Å²) in [5, 5.41) is 13.8. The van der Waals surface area contributed by atoms with Crippen molar-refractivity contribution in [3.63, 3.8) is 0 Å². The molecule has 0 radical (unpaired) electrons. The molecule has 1 fully saturated rings. The van der Waals surface area contributed by atoms with Crippen LogP contribution in [0, 0.1) is 10.1 Å². The molecule has 162 valence electrons. The maximum absolute atomic E-state index is 13.0. The van der Waals surface area contributed by atoms with E-state index in [1.165, 1.54) is 18.2 Å². The average Bonchev–Trinajstić information content (AvgIpc) is 3.51. The topological polar surface area (TPSA) is 106 Å². The Kier molecular flexibility index (Phi) is 6.12. The molecule has 3 aromatic rings. The smallest absolute Gasteiger partial charge is 0.270 e. The van der Waals surface area contributed by atoms with Gasteiger partial charge < -0.3 is 14.6 Å². The maximum Gasteiger partial charge on any atom is 0.270 e. The predicted molar refractivity (Wildman–Crippen MR) is 118 cm³/mol. The summed E-state index contributed by atoms with van der Waals surface area (Å²) in [6.45, 7) is 1.27. The van der Waals surface area contributed by atoms with E-state index in [4.69, 9.17) is 4.42 Å². The van der Waals surface area contributed by atoms with Gasteiger partial charge in [-0.25, -0.2) is 0 Å². The largest absolute Gasteiger partial charge is 0.457 e. The minimum absolute atomic E-state index is 0.0454. The van der Waals surface area contributed by atoms with Crippen molar-refractivity contribution in [2.24, 2.45) is 0 Å². The molecule has 0 atom stereocenters. The van der Waals surface area contributed by atoms with Gasteiger partial charge in [-0.3, -0.25) is 19.7 Å². The number of non-ortho nitro benzene ring substituents is 1. The number of rotatable bonds is 6. The van der Waals surface area contributed by atoms with Crippen LogP contribution in [0.5, 0.6) is 0 Å². The van der Waals surface area contributed by atoms with Crippen LogP contribution in [0.3, 0.4) is 0 Å². The monoisotopic (exact) mass is 431 g/mol. The summed E-state index contributed by atoms with van der Waals surface area (Å²) < 4.78 is 5.81. The van der Waals surface area contributed by atoms with Crippen LogP contribution in [-0.4, -0.2) is 34.7 Å². The number of nitro groups is 1. The van der Waals surface area contributed by atoms with Crippen molar-refractivity contribution in [1.29, 1.82) is 0 Å². The van der Waals surface area contributed by atoms with Crippen LogP contribution >= 0.6 is 0 Å². The molecule has 1 aromatic heterocycles. The van der Waals surface area contributed by atoms with E-state index in [1.54, 1.807) is 59.5 Å². The maximum atomic E-state index is 13.0. The predicted octanol–water partition coefficient (Wildman–Crippen LogP) is 4.25. The first-order valence-electron chi connectivity index (χ1n) is 10.2. The van der Waals surface area contributed by atoms with Crippen LogP contribution in [0.1, 0.15) is 29.0 Å². The second kappa shape index (κ2) is 9.30. The summed E-state index contributed by atoms with van der Waals surface area (Å²) in [6, 6.07) is 18.1. The van der Waals surface area contributed by atoms with Crippen molar-refractivity contribution in [2.45, 2.75) is 12.8 Å². The second-order valence-electron chi connectivity index (χ2n) is 7.39. The van der Waals surface area contributed by atoms with Gasteiger partial charge in [0.1, 0.15) is 17.2 Å². The van der Waals surface area contributed by atoms with Gasteiger partial charge in [-0.05, 0) is 37.1 Å². The van der Waals surface area contributed by atoms with Gasteiger partial charge >= 0.3 is 0 Å². The zero-order chi connectivity index (χ0) is 22.5. The molecule has 2 aromatic carbocycles. The normalized spacial score (nSPS) is 13.8. The number of carbonyl (C=O) groups excluding carboxylic acids is 2. The third kappa shape index (κ3) is 4.75. The Morgan fingerprint density at radius 1 is 1.00 bits per heavy atom. The third-order valence-corrected chi connectivity index (χ3v) is 5.16. The molecular formula is C24H21N3O5. The fourth-order valence-corrected chi connectivity index (χ4v) is 3.53. The van der Waals surface area contributed by atoms with Crippen LogP contribution in [0.15, 0.2) is 76.8 Å². The van der Waals surface area contributed by atoms with E-state index in [0.717, 1.165) is 12.8 Å². The highest BCUT2D eigenvalue weighted by molar-refractivity contribution is 6.05. The Bertz CT molecular complexity index is 1180. The van der Waals surface area contributed by atoms with Gasteiger partial charge in [0.25, 0.3) is 17.5 Å². The summed E-state index contributed by atoms with van der Waals surface area (Å²) in [7, 11) is 0. The summed E-state index contributed by atoms with van der Waals surface area (Å²) >= 11 is 0. The van der Waals surface area contributed by atoms with E-state index in [0.29, 0.717) is 35.7 Å². The lowest BCUT2D eigenvalue weighted by Crippen LogP contribution is -2.36. The lowest BCUT2D eigenvalue weighted by atomic mass is 10.1.